The number of nitrogens with one attached hydrogen (secondary N) is 1. The summed E-state index contributed by atoms with van der Waals surface area (Å²) in [7, 11) is 0. The zero-order chi connectivity index (χ0) is 11.4. The van der Waals surface area contributed by atoms with Crippen molar-refractivity contribution in [1.29, 1.82) is 0 Å². The number of H-pyrrole nitrogens is 1. The number of nitrogens with two attached hydrogens (primary N) is 2. The average Bonchev–Trinajstić information content (AvgIpc) is 2.76. The van der Waals surface area contributed by atoms with Gasteiger partial charge in [-0.15, -0.1) is 0 Å². The Morgan fingerprint density at radius 1 is 1.12 bits per heavy atom. The maximum atomic E-state index is 5.56. The second-order valence-corrected chi connectivity index (χ2v) is 3.36. The minimum Gasteiger partial charge on any atom is -0.352 e. The molecule has 7 nitrogen and oxygen atoms in total. The molecule has 86 valence electrons. The van der Waals surface area contributed by atoms with Gasteiger partial charge in [-0.25, -0.2) is 15.0 Å². The molecule has 0 spiro atoms. The van der Waals surface area contributed by atoms with Crippen LogP contribution in [0.25, 0.3) is 11.2 Å². The first-order chi connectivity index (χ1) is 7.86. The second-order valence-electron chi connectivity index (χ2n) is 3.36. The highest BCUT2D eigenvalue weighted by Crippen LogP contribution is 2.18. The lowest BCUT2D eigenvalue weighted by Gasteiger charge is -2.22. The van der Waals surface area contributed by atoms with Crippen molar-refractivity contribution in [2.75, 3.05) is 31.1 Å². The van der Waals surface area contributed by atoms with Crippen LogP contribution in [0.1, 0.15) is 0 Å². The number of imidazole rings is 1. The molecule has 0 atom stereocenters. The molecule has 0 aliphatic rings. The molecule has 7 heteroatoms. The van der Waals surface area contributed by atoms with Gasteiger partial charge in [0.2, 0.25) is 0 Å². The molecule has 2 rings (SSSR count). The Hall–Kier alpha value is -1.73. The third-order valence-electron chi connectivity index (χ3n) is 2.30. The third kappa shape index (κ3) is 1.95. The second kappa shape index (κ2) is 4.86. The zero-order valence-corrected chi connectivity index (χ0v) is 8.93. The van der Waals surface area contributed by atoms with E-state index in [4.69, 9.17) is 11.5 Å². The molecule has 2 aromatic rings. The Kier molecular flexibility index (Phi) is 3.28. The van der Waals surface area contributed by atoms with Crippen LogP contribution in [0.15, 0.2) is 12.7 Å². The van der Waals surface area contributed by atoms with Gasteiger partial charge in [0.1, 0.15) is 11.8 Å². The number of aromatic nitrogens is 4. The van der Waals surface area contributed by atoms with Crippen LogP contribution >= 0.6 is 0 Å². The average molecular weight is 221 g/mol. The molecule has 5 N–H and O–H groups in total. The van der Waals surface area contributed by atoms with Crippen LogP contribution in [0.5, 0.6) is 0 Å². The van der Waals surface area contributed by atoms with Crippen molar-refractivity contribution in [2.45, 2.75) is 0 Å². The van der Waals surface area contributed by atoms with Gasteiger partial charge in [0.05, 0.1) is 6.33 Å². The highest BCUT2D eigenvalue weighted by molar-refractivity contribution is 5.82. The van der Waals surface area contributed by atoms with Gasteiger partial charge in [-0.05, 0) is 0 Å². The minimum atomic E-state index is 0.555. The third-order valence-corrected chi connectivity index (χ3v) is 2.30. The monoisotopic (exact) mass is 221 g/mol. The summed E-state index contributed by atoms with van der Waals surface area (Å²) in [5.41, 5.74) is 12.6. The summed E-state index contributed by atoms with van der Waals surface area (Å²) in [6.45, 7) is 2.53. The van der Waals surface area contributed by atoms with Gasteiger partial charge in [0.25, 0.3) is 0 Å². The van der Waals surface area contributed by atoms with Crippen molar-refractivity contribution in [2.24, 2.45) is 11.5 Å². The Labute approximate surface area is 92.9 Å². The summed E-state index contributed by atoms with van der Waals surface area (Å²) in [5, 5.41) is 0. The molecule has 0 aliphatic heterocycles. The number of aromatic amines is 1. The molecular formula is C9H15N7. The SMILES string of the molecule is NCCN(CCN)c1ncnc2nc[nH]c12. The summed E-state index contributed by atoms with van der Waals surface area (Å²) in [6.07, 6.45) is 3.10. The number of fused-ring (bicyclic) bond motifs is 1. The molecule has 0 unspecified atom stereocenters. The molecule has 0 radical (unpaired) electrons. The maximum absolute atomic E-state index is 5.56. The van der Waals surface area contributed by atoms with Gasteiger partial charge >= 0.3 is 0 Å². The molecule has 16 heavy (non-hydrogen) atoms. The number of anilines is 1. The van der Waals surface area contributed by atoms with Crippen molar-refractivity contribution < 1.29 is 0 Å². The van der Waals surface area contributed by atoms with Crippen LogP contribution in [0.2, 0.25) is 0 Å². The van der Waals surface area contributed by atoms with Crippen molar-refractivity contribution in [1.82, 2.24) is 19.9 Å². The van der Waals surface area contributed by atoms with Crippen LogP contribution in [0.3, 0.4) is 0 Å². The van der Waals surface area contributed by atoms with E-state index in [2.05, 4.69) is 19.9 Å². The normalized spacial score (nSPS) is 10.9. The van der Waals surface area contributed by atoms with Crippen molar-refractivity contribution in [3.05, 3.63) is 12.7 Å². The molecule has 0 bridgehead atoms. The topological polar surface area (TPSA) is 110 Å². The highest BCUT2D eigenvalue weighted by Gasteiger charge is 2.12. The van der Waals surface area contributed by atoms with E-state index < -0.39 is 0 Å². The van der Waals surface area contributed by atoms with Gasteiger partial charge in [0, 0.05) is 26.2 Å². The van der Waals surface area contributed by atoms with Crippen LogP contribution in [0.4, 0.5) is 5.82 Å². The zero-order valence-electron chi connectivity index (χ0n) is 8.93. The molecule has 0 saturated heterocycles. The standard InChI is InChI=1S/C9H15N7/c10-1-3-16(4-2-11)9-7-8(13-5-12-7)14-6-15-9/h5-6H,1-4,10-11H2,(H,12,13,14,15). The van der Waals surface area contributed by atoms with E-state index >= 15 is 0 Å². The van der Waals surface area contributed by atoms with E-state index in [1.807, 2.05) is 4.90 Å². The Bertz CT molecular complexity index is 446. The van der Waals surface area contributed by atoms with E-state index in [1.54, 1.807) is 6.33 Å². The van der Waals surface area contributed by atoms with E-state index in [0.29, 0.717) is 31.8 Å². The fourth-order valence-electron chi connectivity index (χ4n) is 1.63. The Morgan fingerprint density at radius 3 is 2.56 bits per heavy atom. The summed E-state index contributed by atoms with van der Waals surface area (Å²) in [4.78, 5) is 17.5. The highest BCUT2D eigenvalue weighted by atomic mass is 15.2. The smallest absolute Gasteiger partial charge is 0.182 e. The first-order valence-corrected chi connectivity index (χ1v) is 5.16. The van der Waals surface area contributed by atoms with E-state index in [1.165, 1.54) is 6.33 Å². The molecule has 0 aromatic carbocycles. The number of nitrogens with zero attached hydrogens (tertiary/aromatic N) is 4. The Balaban J connectivity index is 2.38. The van der Waals surface area contributed by atoms with Crippen LogP contribution in [-0.2, 0) is 0 Å². The molecule has 0 aliphatic carbocycles. The fourth-order valence-corrected chi connectivity index (χ4v) is 1.63. The van der Waals surface area contributed by atoms with Crippen LogP contribution < -0.4 is 16.4 Å². The molecule has 2 aromatic heterocycles. The van der Waals surface area contributed by atoms with Gasteiger partial charge in [-0.1, -0.05) is 0 Å². The summed E-state index contributed by atoms with van der Waals surface area (Å²) < 4.78 is 0. The largest absolute Gasteiger partial charge is 0.352 e. The van der Waals surface area contributed by atoms with Gasteiger partial charge in [0.15, 0.2) is 11.5 Å². The van der Waals surface area contributed by atoms with Crippen LogP contribution in [0, 0.1) is 0 Å². The predicted octanol–water partition coefficient (Wildman–Crippen LogP) is -0.923. The summed E-state index contributed by atoms with van der Waals surface area (Å²) in [6, 6.07) is 0. The molecule has 0 amide bonds. The lowest BCUT2D eigenvalue weighted by Crippen LogP contribution is -2.34. The van der Waals surface area contributed by atoms with Gasteiger partial charge < -0.3 is 21.4 Å². The molecular weight excluding hydrogens is 206 g/mol. The van der Waals surface area contributed by atoms with Crippen LogP contribution in [-0.4, -0.2) is 46.1 Å². The lowest BCUT2D eigenvalue weighted by atomic mass is 10.4. The van der Waals surface area contributed by atoms with E-state index in [0.717, 1.165) is 11.3 Å². The first-order valence-electron chi connectivity index (χ1n) is 5.16. The minimum absolute atomic E-state index is 0.555. The predicted molar refractivity (Wildman–Crippen MR) is 62.0 cm³/mol. The number of hydrogen-bond acceptors (Lipinski definition) is 6. The maximum Gasteiger partial charge on any atom is 0.182 e. The fraction of sp³-hybridized carbons (Fsp3) is 0.444. The molecule has 0 fully saturated rings. The number of hydrogen-bond donors (Lipinski definition) is 3. The van der Waals surface area contributed by atoms with Crippen molar-refractivity contribution in [3.8, 4) is 0 Å². The van der Waals surface area contributed by atoms with E-state index in [9.17, 15) is 0 Å². The van der Waals surface area contributed by atoms with Crippen molar-refractivity contribution >= 4 is 17.0 Å². The molecule has 2 heterocycles. The van der Waals surface area contributed by atoms with Crippen molar-refractivity contribution in [3.63, 3.8) is 0 Å². The summed E-state index contributed by atoms with van der Waals surface area (Å²) >= 11 is 0. The first kappa shape index (κ1) is 10.8. The quantitative estimate of drug-likeness (QED) is 0.602. The molecule has 0 saturated carbocycles. The van der Waals surface area contributed by atoms with E-state index in [-0.39, 0.29) is 0 Å². The summed E-state index contributed by atoms with van der Waals surface area (Å²) in [5.74, 6) is 0.804. The Morgan fingerprint density at radius 2 is 1.88 bits per heavy atom. The number of rotatable bonds is 5. The van der Waals surface area contributed by atoms with Gasteiger partial charge in [-0.2, -0.15) is 0 Å². The lowest BCUT2D eigenvalue weighted by molar-refractivity contribution is 0.771. The van der Waals surface area contributed by atoms with Gasteiger partial charge in [-0.3, -0.25) is 0 Å².